The van der Waals surface area contributed by atoms with E-state index in [2.05, 4.69) is 11.8 Å². The van der Waals surface area contributed by atoms with E-state index in [0.29, 0.717) is 53.5 Å². The molecule has 1 fully saturated rings. The van der Waals surface area contributed by atoms with Crippen LogP contribution in [0.1, 0.15) is 63.7 Å². The van der Waals surface area contributed by atoms with Gasteiger partial charge in [-0.3, -0.25) is 14.2 Å². The van der Waals surface area contributed by atoms with Crippen LogP contribution in [-0.2, 0) is 4.79 Å². The number of fused-ring (bicyclic) bond motifs is 1. The molecule has 0 spiro atoms. The van der Waals surface area contributed by atoms with Crippen molar-refractivity contribution in [3.63, 3.8) is 0 Å². The van der Waals surface area contributed by atoms with Gasteiger partial charge in [0.05, 0.1) is 29.7 Å². The van der Waals surface area contributed by atoms with Crippen molar-refractivity contribution in [2.45, 2.75) is 57.9 Å². The molecule has 4 rings (SSSR count). The number of amides is 1. The number of methoxy groups -OCH3 is 1. The van der Waals surface area contributed by atoms with Crippen LogP contribution in [0.25, 0.3) is 16.6 Å². The Morgan fingerprint density at radius 2 is 1.78 bits per heavy atom. The summed E-state index contributed by atoms with van der Waals surface area (Å²) in [4.78, 5) is 36.7. The molecule has 37 heavy (non-hydrogen) atoms. The lowest BCUT2D eigenvalue weighted by Crippen LogP contribution is -2.41. The second-order valence-corrected chi connectivity index (χ2v) is 10.3. The summed E-state index contributed by atoms with van der Waals surface area (Å²) >= 11 is 0. The fourth-order valence-corrected chi connectivity index (χ4v) is 5.43. The maximum absolute atomic E-state index is 13.9. The Kier molecular flexibility index (Phi) is 8.98. The molecular formula is C30H40N4O3. The van der Waals surface area contributed by atoms with E-state index in [1.165, 1.54) is 25.7 Å². The SMILES string of the molecule is CCC(c1nc2ccccc2c(=O)n1-c1ccc(OC)cc1)N(CCN(C)C)C(=O)CCC1CCCC1. The van der Waals surface area contributed by atoms with Crippen molar-refractivity contribution in [3.05, 3.63) is 64.7 Å². The van der Waals surface area contributed by atoms with Crippen LogP contribution in [0.4, 0.5) is 0 Å². The Morgan fingerprint density at radius 3 is 2.43 bits per heavy atom. The standard InChI is InChI=1S/C30H40N4O3/c1-5-27(33(21-20-32(2)3)28(35)19-14-22-10-6-7-11-22)29-31-26-13-9-8-12-25(26)30(36)34(29)23-15-17-24(37-4)18-16-23/h8-9,12-13,15-18,22,27H,5-7,10-11,14,19-21H2,1-4H3. The Morgan fingerprint density at radius 1 is 1.08 bits per heavy atom. The number of benzene rings is 2. The number of carbonyl (C=O) groups excluding carboxylic acids is 1. The Balaban J connectivity index is 1.79. The molecule has 1 unspecified atom stereocenters. The van der Waals surface area contributed by atoms with Gasteiger partial charge in [-0.05, 0) is 69.3 Å². The normalized spacial score (nSPS) is 14.8. The molecule has 0 radical (unpaired) electrons. The molecule has 1 amide bonds. The first kappa shape index (κ1) is 26.9. The molecule has 1 heterocycles. The van der Waals surface area contributed by atoms with Gasteiger partial charge in [0.2, 0.25) is 5.91 Å². The largest absolute Gasteiger partial charge is 0.497 e. The lowest BCUT2D eigenvalue weighted by Gasteiger charge is -2.33. The number of hydrogen-bond donors (Lipinski definition) is 0. The van der Waals surface area contributed by atoms with Crippen molar-refractivity contribution in [1.82, 2.24) is 19.4 Å². The zero-order valence-corrected chi connectivity index (χ0v) is 22.7. The Hall–Kier alpha value is -3.19. The zero-order chi connectivity index (χ0) is 26.4. The zero-order valence-electron chi connectivity index (χ0n) is 22.7. The average Bonchev–Trinajstić information content (AvgIpc) is 3.43. The summed E-state index contributed by atoms with van der Waals surface area (Å²) in [5, 5.41) is 0.560. The highest BCUT2D eigenvalue weighted by Crippen LogP contribution is 2.31. The van der Waals surface area contributed by atoms with E-state index in [1.807, 2.05) is 67.5 Å². The van der Waals surface area contributed by atoms with Crippen molar-refractivity contribution in [2.24, 2.45) is 5.92 Å². The molecule has 0 aliphatic heterocycles. The van der Waals surface area contributed by atoms with Crippen LogP contribution < -0.4 is 10.3 Å². The van der Waals surface area contributed by atoms with Crippen LogP contribution in [0.15, 0.2) is 53.3 Å². The van der Waals surface area contributed by atoms with Gasteiger partial charge >= 0.3 is 0 Å². The third-order valence-electron chi connectivity index (χ3n) is 7.54. The predicted molar refractivity (Wildman–Crippen MR) is 148 cm³/mol. The summed E-state index contributed by atoms with van der Waals surface area (Å²) in [7, 11) is 5.66. The topological polar surface area (TPSA) is 67.7 Å². The highest BCUT2D eigenvalue weighted by Gasteiger charge is 2.29. The number of para-hydroxylation sites is 1. The molecule has 7 heteroatoms. The maximum atomic E-state index is 13.9. The molecule has 3 aromatic rings. The second kappa shape index (κ2) is 12.4. The molecule has 1 saturated carbocycles. The van der Waals surface area contributed by atoms with Crippen LogP contribution in [0.5, 0.6) is 5.75 Å². The monoisotopic (exact) mass is 504 g/mol. The molecule has 7 nitrogen and oxygen atoms in total. The van der Waals surface area contributed by atoms with Gasteiger partial charge in [-0.1, -0.05) is 44.7 Å². The Labute approximate surface area is 220 Å². The molecule has 0 N–H and O–H groups in total. The van der Waals surface area contributed by atoms with Crippen molar-refractivity contribution >= 4 is 16.8 Å². The van der Waals surface area contributed by atoms with Crippen molar-refractivity contribution in [1.29, 1.82) is 0 Å². The maximum Gasteiger partial charge on any atom is 0.266 e. The van der Waals surface area contributed by atoms with Crippen molar-refractivity contribution < 1.29 is 9.53 Å². The summed E-state index contributed by atoms with van der Waals surface area (Å²) in [6.07, 6.45) is 7.13. The molecule has 2 aromatic carbocycles. The predicted octanol–water partition coefficient (Wildman–Crippen LogP) is 5.21. The molecule has 1 aliphatic rings. The van der Waals surface area contributed by atoms with Crippen LogP contribution >= 0.6 is 0 Å². The number of rotatable bonds is 11. The van der Waals surface area contributed by atoms with Gasteiger partial charge in [0.15, 0.2) is 0 Å². The van der Waals surface area contributed by atoms with Gasteiger partial charge in [-0.15, -0.1) is 0 Å². The van der Waals surface area contributed by atoms with E-state index in [0.717, 1.165) is 13.0 Å². The molecule has 0 saturated heterocycles. The number of likely N-dealkylation sites (N-methyl/N-ethyl adjacent to an activating group) is 1. The van der Waals surface area contributed by atoms with Gasteiger partial charge in [0, 0.05) is 19.5 Å². The summed E-state index contributed by atoms with van der Waals surface area (Å²) < 4.78 is 7.02. The van der Waals surface area contributed by atoms with E-state index in [1.54, 1.807) is 11.7 Å². The van der Waals surface area contributed by atoms with Crippen LogP contribution in [0, 0.1) is 5.92 Å². The highest BCUT2D eigenvalue weighted by molar-refractivity contribution is 5.79. The fourth-order valence-electron chi connectivity index (χ4n) is 5.43. The number of nitrogens with zero attached hydrogens (tertiary/aromatic N) is 4. The average molecular weight is 505 g/mol. The minimum absolute atomic E-state index is 0.129. The van der Waals surface area contributed by atoms with E-state index in [-0.39, 0.29) is 17.5 Å². The third-order valence-corrected chi connectivity index (χ3v) is 7.54. The van der Waals surface area contributed by atoms with Gasteiger partial charge in [-0.2, -0.15) is 0 Å². The van der Waals surface area contributed by atoms with Gasteiger partial charge < -0.3 is 14.5 Å². The summed E-state index contributed by atoms with van der Waals surface area (Å²) in [5.74, 6) is 2.11. The molecule has 0 bridgehead atoms. The molecular weight excluding hydrogens is 464 g/mol. The minimum atomic E-state index is -0.324. The van der Waals surface area contributed by atoms with E-state index in [4.69, 9.17) is 9.72 Å². The molecule has 1 aliphatic carbocycles. The lowest BCUT2D eigenvalue weighted by atomic mass is 10.0. The van der Waals surface area contributed by atoms with Gasteiger partial charge in [0.1, 0.15) is 11.6 Å². The van der Waals surface area contributed by atoms with Crippen LogP contribution in [-0.4, -0.2) is 59.6 Å². The molecule has 198 valence electrons. The summed E-state index contributed by atoms with van der Waals surface area (Å²) in [6, 6.07) is 14.6. The number of aromatic nitrogens is 2. The number of carbonyl (C=O) groups is 1. The van der Waals surface area contributed by atoms with Gasteiger partial charge in [0.25, 0.3) is 5.56 Å². The van der Waals surface area contributed by atoms with E-state index in [9.17, 15) is 9.59 Å². The second-order valence-electron chi connectivity index (χ2n) is 10.3. The first-order valence-corrected chi connectivity index (χ1v) is 13.5. The van der Waals surface area contributed by atoms with Crippen molar-refractivity contribution in [3.8, 4) is 11.4 Å². The summed E-state index contributed by atoms with van der Waals surface area (Å²) in [6.45, 7) is 3.39. The number of ether oxygens (including phenoxy) is 1. The van der Waals surface area contributed by atoms with Gasteiger partial charge in [-0.25, -0.2) is 4.98 Å². The molecule has 1 atom stereocenters. The van der Waals surface area contributed by atoms with E-state index >= 15 is 0 Å². The molecule has 1 aromatic heterocycles. The highest BCUT2D eigenvalue weighted by atomic mass is 16.5. The third kappa shape index (κ3) is 6.21. The Bertz CT molecular complexity index is 1250. The van der Waals surface area contributed by atoms with Crippen LogP contribution in [0.3, 0.4) is 0 Å². The number of hydrogen-bond acceptors (Lipinski definition) is 5. The summed E-state index contributed by atoms with van der Waals surface area (Å²) in [5.41, 5.74) is 1.23. The fraction of sp³-hybridized carbons (Fsp3) is 0.500. The van der Waals surface area contributed by atoms with Crippen LogP contribution in [0.2, 0.25) is 0 Å². The first-order valence-electron chi connectivity index (χ1n) is 13.5. The lowest BCUT2D eigenvalue weighted by molar-refractivity contribution is -0.134. The smallest absolute Gasteiger partial charge is 0.266 e. The quantitative estimate of drug-likeness (QED) is 0.359. The van der Waals surface area contributed by atoms with E-state index < -0.39 is 0 Å². The first-order chi connectivity index (χ1) is 17.9. The van der Waals surface area contributed by atoms with Crippen molar-refractivity contribution in [2.75, 3.05) is 34.3 Å². The minimum Gasteiger partial charge on any atom is -0.497 e.